The molecule has 0 aromatic heterocycles. The number of nitrogens with one attached hydrogen (secondary N) is 1. The lowest BCUT2D eigenvalue weighted by Crippen LogP contribution is -2.25. The van der Waals surface area contributed by atoms with Crippen molar-refractivity contribution >= 4 is 0 Å². The molecule has 0 spiro atoms. The Kier molecular flexibility index (Phi) is 11.3. The van der Waals surface area contributed by atoms with Crippen molar-refractivity contribution in [3.8, 4) is 0 Å². The van der Waals surface area contributed by atoms with Gasteiger partial charge < -0.3 is 16.0 Å². The lowest BCUT2D eigenvalue weighted by Gasteiger charge is -2.27. The molecule has 3 N–H and O–H groups in total. The third-order valence-electron chi connectivity index (χ3n) is 3.80. The average Bonchev–Trinajstić information content (AvgIpc) is 2.44. The highest BCUT2D eigenvalue weighted by Crippen LogP contribution is 2.17. The molecule has 1 atom stereocenters. The number of hydrogen-bond acceptors (Lipinski definition) is 3. The Hall–Kier alpha value is -0.960. The SMILES string of the molecule is CCCCC(CC)CN(C)/C(=C/C=C(/N)CNC)CC. The van der Waals surface area contributed by atoms with Gasteiger partial charge >= 0.3 is 0 Å². The lowest BCUT2D eigenvalue weighted by atomic mass is 9.98. The van der Waals surface area contributed by atoms with Crippen LogP contribution in [0.1, 0.15) is 52.9 Å². The molecule has 0 aliphatic rings. The molecule has 20 heavy (non-hydrogen) atoms. The number of likely N-dealkylation sites (N-methyl/N-ethyl adjacent to an activating group) is 1. The van der Waals surface area contributed by atoms with Crippen molar-refractivity contribution in [2.45, 2.75) is 52.9 Å². The standard InChI is InChI=1S/C17H35N3/c1-6-9-10-15(7-2)14-20(5)17(8-3)12-11-16(18)13-19-4/h11-12,15,19H,6-10,13-14,18H2,1-5H3/b16-11+,17-12+. The van der Waals surface area contributed by atoms with Crippen LogP contribution in [0.5, 0.6) is 0 Å². The zero-order valence-electron chi connectivity index (χ0n) is 14.2. The zero-order valence-corrected chi connectivity index (χ0v) is 14.2. The van der Waals surface area contributed by atoms with Crippen molar-refractivity contribution in [3.63, 3.8) is 0 Å². The van der Waals surface area contributed by atoms with E-state index in [-0.39, 0.29) is 0 Å². The number of allylic oxidation sites excluding steroid dienone is 3. The number of hydrogen-bond donors (Lipinski definition) is 2. The molecule has 0 saturated heterocycles. The van der Waals surface area contributed by atoms with Crippen molar-refractivity contribution in [2.24, 2.45) is 11.7 Å². The molecule has 0 amide bonds. The van der Waals surface area contributed by atoms with Gasteiger partial charge in [0.2, 0.25) is 0 Å². The van der Waals surface area contributed by atoms with Gasteiger partial charge in [-0.2, -0.15) is 0 Å². The Morgan fingerprint density at radius 3 is 2.45 bits per heavy atom. The monoisotopic (exact) mass is 281 g/mol. The first-order valence-corrected chi connectivity index (χ1v) is 8.09. The quantitative estimate of drug-likeness (QED) is 0.570. The Labute approximate surface area is 126 Å². The third kappa shape index (κ3) is 8.26. The topological polar surface area (TPSA) is 41.3 Å². The summed E-state index contributed by atoms with van der Waals surface area (Å²) in [6.45, 7) is 8.66. The predicted octanol–water partition coefficient (Wildman–Crippen LogP) is 3.49. The van der Waals surface area contributed by atoms with E-state index >= 15 is 0 Å². The predicted molar refractivity (Wildman–Crippen MR) is 90.5 cm³/mol. The minimum Gasteiger partial charge on any atom is -0.401 e. The van der Waals surface area contributed by atoms with Crippen LogP contribution in [0, 0.1) is 5.92 Å². The smallest absolute Gasteiger partial charge is 0.0349 e. The average molecular weight is 281 g/mol. The molecule has 0 saturated carbocycles. The van der Waals surface area contributed by atoms with Crippen LogP contribution in [0.25, 0.3) is 0 Å². The number of unbranched alkanes of at least 4 members (excludes halogenated alkanes) is 1. The van der Waals surface area contributed by atoms with Gasteiger partial charge in [0.05, 0.1) is 0 Å². The van der Waals surface area contributed by atoms with Crippen LogP contribution < -0.4 is 11.1 Å². The summed E-state index contributed by atoms with van der Waals surface area (Å²) in [6, 6.07) is 0. The van der Waals surface area contributed by atoms with Crippen LogP contribution in [0.2, 0.25) is 0 Å². The molecule has 0 heterocycles. The van der Waals surface area contributed by atoms with E-state index in [1.54, 1.807) is 0 Å². The fourth-order valence-corrected chi connectivity index (χ4v) is 2.40. The maximum absolute atomic E-state index is 5.92. The van der Waals surface area contributed by atoms with Gasteiger partial charge in [-0.15, -0.1) is 0 Å². The highest BCUT2D eigenvalue weighted by molar-refractivity contribution is 5.16. The van der Waals surface area contributed by atoms with E-state index in [0.717, 1.165) is 31.1 Å². The van der Waals surface area contributed by atoms with Gasteiger partial charge in [0.15, 0.2) is 0 Å². The van der Waals surface area contributed by atoms with E-state index in [1.807, 2.05) is 13.1 Å². The van der Waals surface area contributed by atoms with E-state index in [0.29, 0.717) is 0 Å². The summed E-state index contributed by atoms with van der Waals surface area (Å²) in [5, 5.41) is 3.07. The second-order valence-electron chi connectivity index (χ2n) is 5.58. The summed E-state index contributed by atoms with van der Waals surface area (Å²) in [4.78, 5) is 2.40. The van der Waals surface area contributed by atoms with Gasteiger partial charge in [0, 0.05) is 31.5 Å². The molecule has 3 heteroatoms. The third-order valence-corrected chi connectivity index (χ3v) is 3.80. The van der Waals surface area contributed by atoms with Crippen LogP contribution in [0.15, 0.2) is 23.5 Å². The molecule has 0 radical (unpaired) electrons. The molecule has 0 aromatic carbocycles. The van der Waals surface area contributed by atoms with E-state index < -0.39 is 0 Å². The fourth-order valence-electron chi connectivity index (χ4n) is 2.40. The number of nitrogens with zero attached hydrogens (tertiary/aromatic N) is 1. The van der Waals surface area contributed by atoms with Crippen molar-refractivity contribution in [3.05, 3.63) is 23.5 Å². The molecular formula is C17H35N3. The van der Waals surface area contributed by atoms with Crippen molar-refractivity contribution < 1.29 is 0 Å². The molecular weight excluding hydrogens is 246 g/mol. The first-order chi connectivity index (χ1) is 9.58. The zero-order chi connectivity index (χ0) is 15.4. The molecule has 118 valence electrons. The summed E-state index contributed by atoms with van der Waals surface area (Å²) in [5.74, 6) is 0.800. The molecule has 0 rings (SSSR count). The van der Waals surface area contributed by atoms with Crippen LogP contribution in [0.3, 0.4) is 0 Å². The van der Waals surface area contributed by atoms with Crippen molar-refractivity contribution in [1.82, 2.24) is 10.2 Å². The summed E-state index contributed by atoms with van der Waals surface area (Å²) in [6.07, 6.45) is 10.5. The van der Waals surface area contributed by atoms with E-state index in [2.05, 4.69) is 44.1 Å². The van der Waals surface area contributed by atoms with Gasteiger partial charge in [-0.05, 0) is 38.0 Å². The van der Waals surface area contributed by atoms with Crippen molar-refractivity contribution in [1.29, 1.82) is 0 Å². The van der Waals surface area contributed by atoms with E-state index in [1.165, 1.54) is 31.4 Å². The highest BCUT2D eigenvalue weighted by Gasteiger charge is 2.10. The minimum atomic E-state index is 0.741. The molecule has 0 fully saturated rings. The largest absolute Gasteiger partial charge is 0.401 e. The van der Waals surface area contributed by atoms with Gasteiger partial charge in [-0.25, -0.2) is 0 Å². The highest BCUT2D eigenvalue weighted by atomic mass is 15.1. The normalized spacial score (nSPS) is 14.4. The molecule has 0 aliphatic heterocycles. The molecule has 3 nitrogen and oxygen atoms in total. The Balaban J connectivity index is 4.55. The molecule has 1 unspecified atom stereocenters. The van der Waals surface area contributed by atoms with Crippen LogP contribution in [-0.4, -0.2) is 32.1 Å². The minimum absolute atomic E-state index is 0.741. The van der Waals surface area contributed by atoms with Crippen LogP contribution in [-0.2, 0) is 0 Å². The summed E-state index contributed by atoms with van der Waals surface area (Å²) >= 11 is 0. The maximum Gasteiger partial charge on any atom is 0.0349 e. The molecule has 0 aromatic rings. The van der Waals surface area contributed by atoms with Gasteiger partial charge in [0.25, 0.3) is 0 Å². The van der Waals surface area contributed by atoms with Crippen LogP contribution >= 0.6 is 0 Å². The van der Waals surface area contributed by atoms with Gasteiger partial charge in [-0.1, -0.05) is 40.0 Å². The first-order valence-electron chi connectivity index (χ1n) is 8.09. The second kappa shape index (κ2) is 11.8. The van der Waals surface area contributed by atoms with E-state index in [4.69, 9.17) is 5.73 Å². The lowest BCUT2D eigenvalue weighted by molar-refractivity contribution is 0.302. The Morgan fingerprint density at radius 2 is 1.95 bits per heavy atom. The summed E-state index contributed by atoms with van der Waals surface area (Å²) in [5.41, 5.74) is 8.16. The maximum atomic E-state index is 5.92. The Bertz CT molecular complexity index is 295. The fraction of sp³-hybridized carbons (Fsp3) is 0.765. The first kappa shape index (κ1) is 19.0. The molecule has 0 bridgehead atoms. The van der Waals surface area contributed by atoms with Crippen LogP contribution in [0.4, 0.5) is 0 Å². The van der Waals surface area contributed by atoms with Gasteiger partial charge in [-0.3, -0.25) is 0 Å². The molecule has 0 aliphatic carbocycles. The number of rotatable bonds is 11. The van der Waals surface area contributed by atoms with E-state index in [9.17, 15) is 0 Å². The second-order valence-corrected chi connectivity index (χ2v) is 5.58. The summed E-state index contributed by atoms with van der Waals surface area (Å²) < 4.78 is 0. The Morgan fingerprint density at radius 1 is 1.25 bits per heavy atom. The van der Waals surface area contributed by atoms with Gasteiger partial charge in [0.1, 0.15) is 0 Å². The summed E-state index contributed by atoms with van der Waals surface area (Å²) in [7, 11) is 4.11. The number of nitrogens with two attached hydrogens (primary N) is 1. The van der Waals surface area contributed by atoms with Crippen molar-refractivity contribution in [2.75, 3.05) is 27.2 Å².